The summed E-state index contributed by atoms with van der Waals surface area (Å²) in [7, 11) is 0. The zero-order chi connectivity index (χ0) is 16.9. The lowest BCUT2D eigenvalue weighted by molar-refractivity contribution is -0.216. The van der Waals surface area contributed by atoms with E-state index in [1.807, 2.05) is 0 Å². The van der Waals surface area contributed by atoms with Crippen molar-refractivity contribution in [2.75, 3.05) is 6.61 Å². The molecule has 1 unspecified atom stereocenters. The first-order chi connectivity index (χ1) is 11.1. The zero-order valence-corrected chi connectivity index (χ0v) is 13.6. The van der Waals surface area contributed by atoms with Crippen LogP contribution in [0.15, 0.2) is 30.3 Å². The quantitative estimate of drug-likeness (QED) is 0.347. The van der Waals surface area contributed by atoms with Crippen LogP contribution in [0, 0.1) is 0 Å². The summed E-state index contributed by atoms with van der Waals surface area (Å²) in [6, 6.07) is 6.86. The molecule has 0 heterocycles. The van der Waals surface area contributed by atoms with E-state index in [0.29, 0.717) is 17.9 Å². The molecule has 0 aliphatic carbocycles. The minimum atomic E-state index is -1.36. The van der Waals surface area contributed by atoms with Crippen LogP contribution in [-0.4, -0.2) is 29.3 Å². The Kier molecular flexibility index (Phi) is 9.75. The van der Waals surface area contributed by atoms with Crippen molar-refractivity contribution in [1.82, 2.24) is 0 Å². The highest BCUT2D eigenvalue weighted by atomic mass is 16.8. The van der Waals surface area contributed by atoms with Crippen molar-refractivity contribution in [2.45, 2.75) is 51.9 Å². The largest absolute Gasteiger partial charge is 0.478 e. The Balaban J connectivity index is 2.34. The number of benzene rings is 1. The number of rotatable bonds is 12. The summed E-state index contributed by atoms with van der Waals surface area (Å²) in [5.74, 6) is -0.667. The van der Waals surface area contributed by atoms with Gasteiger partial charge in [-0.25, -0.2) is 4.79 Å². The molecule has 0 radical (unpaired) electrons. The van der Waals surface area contributed by atoms with Gasteiger partial charge in [0.05, 0.1) is 6.61 Å². The smallest absolute Gasteiger partial charge is 0.328 e. The van der Waals surface area contributed by atoms with Gasteiger partial charge in [-0.15, -0.1) is 0 Å². The summed E-state index contributed by atoms with van der Waals surface area (Å²) in [5, 5.41) is 18.4. The monoisotopic (exact) mass is 322 g/mol. The molecule has 2 N–H and O–H groups in total. The molecule has 0 aliphatic heterocycles. The number of aliphatic hydroxyl groups excluding tert-OH is 1. The van der Waals surface area contributed by atoms with E-state index in [1.165, 1.54) is 31.8 Å². The van der Waals surface area contributed by atoms with E-state index in [2.05, 4.69) is 6.92 Å². The predicted octanol–water partition coefficient (Wildman–Crippen LogP) is 3.82. The molecule has 0 amide bonds. The maximum Gasteiger partial charge on any atom is 0.328 e. The Morgan fingerprint density at radius 1 is 1.17 bits per heavy atom. The number of aliphatic hydroxyl groups is 1. The van der Waals surface area contributed by atoms with Crippen molar-refractivity contribution in [3.63, 3.8) is 0 Å². The number of ether oxygens (including phenoxy) is 2. The molecule has 1 aromatic carbocycles. The van der Waals surface area contributed by atoms with Gasteiger partial charge >= 0.3 is 12.4 Å². The SMILES string of the molecule is CCCCCCCCOC(O)Oc1ccccc1/C=C/C(=O)O. The molecule has 23 heavy (non-hydrogen) atoms. The van der Waals surface area contributed by atoms with E-state index in [4.69, 9.17) is 14.6 Å². The minimum Gasteiger partial charge on any atom is -0.478 e. The highest BCUT2D eigenvalue weighted by Crippen LogP contribution is 2.20. The summed E-state index contributed by atoms with van der Waals surface area (Å²) in [4.78, 5) is 10.6. The Morgan fingerprint density at radius 3 is 2.61 bits per heavy atom. The number of para-hydroxylation sites is 1. The summed E-state index contributed by atoms with van der Waals surface area (Å²) >= 11 is 0. The number of hydrogen-bond acceptors (Lipinski definition) is 4. The first-order valence-corrected chi connectivity index (χ1v) is 8.10. The lowest BCUT2D eigenvalue weighted by Crippen LogP contribution is -2.20. The van der Waals surface area contributed by atoms with E-state index in [1.54, 1.807) is 24.3 Å². The number of carboxylic acid groups (broad SMARTS) is 1. The molecule has 1 atom stereocenters. The van der Waals surface area contributed by atoms with Crippen LogP contribution in [0.1, 0.15) is 51.0 Å². The number of carbonyl (C=O) groups is 1. The first-order valence-electron chi connectivity index (χ1n) is 8.10. The van der Waals surface area contributed by atoms with E-state index >= 15 is 0 Å². The topological polar surface area (TPSA) is 76.0 Å². The van der Waals surface area contributed by atoms with Crippen molar-refractivity contribution < 1.29 is 24.5 Å². The molecule has 1 rings (SSSR count). The molecule has 128 valence electrons. The van der Waals surface area contributed by atoms with Crippen LogP contribution >= 0.6 is 0 Å². The molecule has 0 aliphatic rings. The molecule has 0 saturated carbocycles. The lowest BCUT2D eigenvalue weighted by atomic mass is 10.1. The van der Waals surface area contributed by atoms with Crippen molar-refractivity contribution in [3.05, 3.63) is 35.9 Å². The average molecular weight is 322 g/mol. The van der Waals surface area contributed by atoms with Crippen LogP contribution in [-0.2, 0) is 9.53 Å². The van der Waals surface area contributed by atoms with Gasteiger partial charge in [0, 0.05) is 11.6 Å². The summed E-state index contributed by atoms with van der Waals surface area (Å²) in [6.45, 7) is 1.26. The van der Waals surface area contributed by atoms with E-state index in [9.17, 15) is 9.90 Å². The molecule has 0 saturated heterocycles. The van der Waals surface area contributed by atoms with Crippen LogP contribution in [0.25, 0.3) is 6.08 Å². The van der Waals surface area contributed by atoms with Crippen LogP contribution in [0.3, 0.4) is 0 Å². The Labute approximate surface area is 137 Å². The molecule has 1 aromatic rings. The van der Waals surface area contributed by atoms with Gasteiger partial charge in [-0.05, 0) is 18.6 Å². The van der Waals surface area contributed by atoms with Gasteiger partial charge in [-0.2, -0.15) is 0 Å². The third kappa shape index (κ3) is 9.01. The van der Waals surface area contributed by atoms with Crippen LogP contribution in [0.4, 0.5) is 0 Å². The molecule has 0 aromatic heterocycles. The van der Waals surface area contributed by atoms with Crippen LogP contribution < -0.4 is 4.74 Å². The molecular formula is C18H26O5. The van der Waals surface area contributed by atoms with Gasteiger partial charge in [0.1, 0.15) is 5.75 Å². The van der Waals surface area contributed by atoms with Gasteiger partial charge in [0.25, 0.3) is 0 Å². The maximum atomic E-state index is 10.6. The first kappa shape index (κ1) is 19.2. The Morgan fingerprint density at radius 2 is 1.87 bits per heavy atom. The molecule has 0 spiro atoms. The van der Waals surface area contributed by atoms with Gasteiger partial charge in [0.15, 0.2) is 0 Å². The van der Waals surface area contributed by atoms with E-state index in [0.717, 1.165) is 18.9 Å². The third-order valence-electron chi connectivity index (χ3n) is 3.31. The molecule has 5 heteroatoms. The van der Waals surface area contributed by atoms with Gasteiger partial charge in [-0.3, -0.25) is 0 Å². The summed E-state index contributed by atoms with van der Waals surface area (Å²) in [6.07, 6.45) is 9.28. The standard InChI is InChI=1S/C18H26O5/c1-2-3-4-5-6-9-14-22-18(21)23-16-11-8-7-10-15(16)12-13-17(19)20/h7-8,10-13,18,21H,2-6,9,14H2,1H3,(H,19,20)/b13-12+. The number of aliphatic carboxylic acids is 1. The fourth-order valence-electron chi connectivity index (χ4n) is 2.10. The second kappa shape index (κ2) is 11.7. The molecule has 5 nitrogen and oxygen atoms in total. The second-order valence-corrected chi connectivity index (χ2v) is 5.27. The average Bonchev–Trinajstić information content (AvgIpc) is 2.53. The van der Waals surface area contributed by atoms with Crippen molar-refractivity contribution >= 4 is 12.0 Å². The highest BCUT2D eigenvalue weighted by molar-refractivity contribution is 5.85. The number of hydrogen-bond donors (Lipinski definition) is 2. The van der Waals surface area contributed by atoms with Crippen molar-refractivity contribution in [2.24, 2.45) is 0 Å². The number of unbranched alkanes of at least 4 members (excludes halogenated alkanes) is 5. The normalized spacial score (nSPS) is 12.4. The Bertz CT molecular complexity index is 484. The summed E-state index contributed by atoms with van der Waals surface area (Å²) < 4.78 is 10.5. The summed E-state index contributed by atoms with van der Waals surface area (Å²) in [5.41, 5.74) is 0.567. The van der Waals surface area contributed by atoms with Gasteiger partial charge in [0.2, 0.25) is 0 Å². The van der Waals surface area contributed by atoms with Crippen LogP contribution in [0.2, 0.25) is 0 Å². The van der Waals surface area contributed by atoms with Gasteiger partial charge in [-0.1, -0.05) is 57.2 Å². The molecule has 0 fully saturated rings. The third-order valence-corrected chi connectivity index (χ3v) is 3.31. The van der Waals surface area contributed by atoms with Gasteiger partial charge < -0.3 is 19.7 Å². The zero-order valence-electron chi connectivity index (χ0n) is 13.6. The molecular weight excluding hydrogens is 296 g/mol. The van der Waals surface area contributed by atoms with E-state index in [-0.39, 0.29) is 0 Å². The highest BCUT2D eigenvalue weighted by Gasteiger charge is 2.08. The fraction of sp³-hybridized carbons (Fsp3) is 0.500. The number of carboxylic acids is 1. The lowest BCUT2D eigenvalue weighted by Gasteiger charge is -2.15. The maximum absolute atomic E-state index is 10.6. The fourth-order valence-corrected chi connectivity index (χ4v) is 2.10. The Hall–Kier alpha value is -1.85. The van der Waals surface area contributed by atoms with Crippen molar-refractivity contribution in [1.29, 1.82) is 0 Å². The second-order valence-electron chi connectivity index (χ2n) is 5.27. The van der Waals surface area contributed by atoms with Crippen molar-refractivity contribution in [3.8, 4) is 5.75 Å². The predicted molar refractivity (Wildman–Crippen MR) is 89.1 cm³/mol. The van der Waals surface area contributed by atoms with Crippen LogP contribution in [0.5, 0.6) is 5.75 Å². The minimum absolute atomic E-state index is 0.375. The van der Waals surface area contributed by atoms with E-state index < -0.39 is 12.4 Å². The molecule has 0 bridgehead atoms.